The lowest BCUT2D eigenvalue weighted by Gasteiger charge is -2.43. The van der Waals surface area contributed by atoms with Gasteiger partial charge in [0.25, 0.3) is 0 Å². The summed E-state index contributed by atoms with van der Waals surface area (Å²) in [5.41, 5.74) is 0.387. The van der Waals surface area contributed by atoms with Crippen LogP contribution in [0.25, 0.3) is 0 Å². The summed E-state index contributed by atoms with van der Waals surface area (Å²) in [6.45, 7) is 12.7. The van der Waals surface area contributed by atoms with Crippen molar-refractivity contribution in [2.24, 2.45) is 5.92 Å². The van der Waals surface area contributed by atoms with Crippen molar-refractivity contribution < 1.29 is 9.53 Å². The van der Waals surface area contributed by atoms with Crippen LogP contribution in [0.15, 0.2) is 30.3 Å². The fourth-order valence-electron chi connectivity index (χ4n) is 2.12. The average Bonchev–Trinajstić information content (AvgIpc) is 2.26. The Labute approximate surface area is 112 Å². The van der Waals surface area contributed by atoms with Crippen molar-refractivity contribution in [3.05, 3.63) is 35.9 Å². The van der Waals surface area contributed by atoms with Crippen molar-refractivity contribution in [3.63, 3.8) is 0 Å². The van der Waals surface area contributed by atoms with E-state index < -0.39 is 20.0 Å². The zero-order valence-corrected chi connectivity index (χ0v) is 13.4. The molecule has 2 atom stereocenters. The van der Waals surface area contributed by atoms with E-state index in [2.05, 4.69) is 33.5 Å². The van der Waals surface area contributed by atoms with Crippen LogP contribution in [-0.2, 0) is 4.43 Å². The number of aliphatic hydroxyl groups excluding tert-OH is 1. The van der Waals surface area contributed by atoms with Gasteiger partial charge in [-0.05, 0) is 38.0 Å². The molecule has 2 nitrogen and oxygen atoms in total. The Morgan fingerprint density at radius 1 is 1.11 bits per heavy atom. The third-order valence-electron chi connectivity index (χ3n) is 3.33. The highest BCUT2D eigenvalue weighted by atomic mass is 28.4. The second kappa shape index (κ2) is 5.55. The molecule has 0 unspecified atom stereocenters. The maximum atomic E-state index is 10.7. The second-order valence-corrected chi connectivity index (χ2v) is 10.8. The predicted molar refractivity (Wildman–Crippen MR) is 79.1 cm³/mol. The van der Waals surface area contributed by atoms with Crippen LogP contribution in [0.1, 0.15) is 32.4 Å². The van der Waals surface area contributed by atoms with Crippen LogP contribution in [0.3, 0.4) is 0 Å². The van der Waals surface area contributed by atoms with E-state index in [9.17, 15) is 5.11 Å². The maximum absolute atomic E-state index is 10.7. The van der Waals surface area contributed by atoms with Gasteiger partial charge in [-0.2, -0.15) is 0 Å². The Balaban J connectivity index is 3.05. The van der Waals surface area contributed by atoms with Crippen molar-refractivity contribution in [2.45, 2.75) is 52.1 Å². The zero-order chi connectivity index (χ0) is 14.0. The molecule has 0 fully saturated rings. The second-order valence-electron chi connectivity index (χ2n) is 6.37. The standard InChI is InChI=1S/C15H26O2Si/c1-12(2)15(3,17-18(4,5)6)14(16)13-10-8-7-9-11-13/h7-12,14,16H,1-6H3/t14-,15+/m0/s1. The molecule has 0 saturated heterocycles. The van der Waals surface area contributed by atoms with Gasteiger partial charge >= 0.3 is 0 Å². The number of hydrogen-bond donors (Lipinski definition) is 1. The minimum absolute atomic E-state index is 0.249. The molecule has 0 saturated carbocycles. The molecule has 0 bridgehead atoms. The molecule has 102 valence electrons. The lowest BCUT2D eigenvalue weighted by molar-refractivity contribution is -0.0801. The summed E-state index contributed by atoms with van der Waals surface area (Å²) in [7, 11) is -1.71. The quantitative estimate of drug-likeness (QED) is 0.817. The van der Waals surface area contributed by atoms with Crippen molar-refractivity contribution in [3.8, 4) is 0 Å². The van der Waals surface area contributed by atoms with E-state index in [0.29, 0.717) is 0 Å². The molecule has 1 aromatic carbocycles. The largest absolute Gasteiger partial charge is 0.409 e. The highest BCUT2D eigenvalue weighted by molar-refractivity contribution is 6.69. The molecule has 0 aliphatic heterocycles. The first-order chi connectivity index (χ1) is 8.17. The van der Waals surface area contributed by atoms with E-state index in [1.807, 2.05) is 37.3 Å². The fourth-order valence-corrected chi connectivity index (χ4v) is 3.78. The number of hydrogen-bond acceptors (Lipinski definition) is 2. The summed E-state index contributed by atoms with van der Waals surface area (Å²) < 4.78 is 6.29. The lowest BCUT2D eigenvalue weighted by Crippen LogP contribution is -2.48. The third kappa shape index (κ3) is 3.67. The van der Waals surface area contributed by atoms with Crippen molar-refractivity contribution >= 4 is 8.32 Å². The number of benzene rings is 1. The Hall–Kier alpha value is -0.643. The molecular formula is C15H26O2Si. The summed E-state index contributed by atoms with van der Waals surface area (Å²) in [5.74, 6) is 0.249. The third-order valence-corrected chi connectivity index (χ3v) is 4.38. The zero-order valence-electron chi connectivity index (χ0n) is 12.4. The van der Waals surface area contributed by atoms with Crippen LogP contribution in [0, 0.1) is 5.92 Å². The summed E-state index contributed by atoms with van der Waals surface area (Å²) >= 11 is 0. The molecule has 0 aliphatic carbocycles. The molecule has 0 radical (unpaired) electrons. The summed E-state index contributed by atoms with van der Waals surface area (Å²) in [6.07, 6.45) is -0.592. The van der Waals surface area contributed by atoms with Crippen LogP contribution in [0.4, 0.5) is 0 Å². The van der Waals surface area contributed by atoms with Crippen LogP contribution in [0.2, 0.25) is 19.6 Å². The van der Waals surface area contributed by atoms with E-state index >= 15 is 0 Å². The monoisotopic (exact) mass is 266 g/mol. The van der Waals surface area contributed by atoms with Crippen molar-refractivity contribution in [1.29, 1.82) is 0 Å². The molecule has 3 heteroatoms. The molecule has 1 aromatic rings. The molecule has 0 heterocycles. The molecular weight excluding hydrogens is 240 g/mol. The number of rotatable bonds is 5. The van der Waals surface area contributed by atoms with Crippen molar-refractivity contribution in [2.75, 3.05) is 0 Å². The predicted octanol–water partition coefficient (Wildman–Crippen LogP) is 3.99. The highest BCUT2D eigenvalue weighted by Crippen LogP contribution is 2.37. The maximum Gasteiger partial charge on any atom is 0.184 e. The van der Waals surface area contributed by atoms with E-state index in [1.165, 1.54) is 0 Å². The topological polar surface area (TPSA) is 29.5 Å². The van der Waals surface area contributed by atoms with Crippen LogP contribution in [0.5, 0.6) is 0 Å². The van der Waals surface area contributed by atoms with Crippen molar-refractivity contribution in [1.82, 2.24) is 0 Å². The van der Waals surface area contributed by atoms with E-state index in [1.54, 1.807) is 0 Å². The van der Waals surface area contributed by atoms with Gasteiger partial charge in [-0.1, -0.05) is 44.2 Å². The summed E-state index contributed by atoms with van der Waals surface area (Å²) in [6, 6.07) is 9.78. The SMILES string of the molecule is CC(C)[C@@](C)(O[Si](C)(C)C)[C@@H](O)c1ccccc1. The Morgan fingerprint density at radius 3 is 2.00 bits per heavy atom. The lowest BCUT2D eigenvalue weighted by atomic mass is 9.83. The Morgan fingerprint density at radius 2 is 1.61 bits per heavy atom. The van der Waals surface area contributed by atoms with Gasteiger partial charge in [0.2, 0.25) is 0 Å². The Bertz CT molecular complexity index is 370. The van der Waals surface area contributed by atoms with Gasteiger partial charge in [0.1, 0.15) is 6.10 Å². The van der Waals surface area contributed by atoms with Gasteiger partial charge in [-0.25, -0.2) is 0 Å². The van der Waals surface area contributed by atoms with Crippen LogP contribution in [-0.4, -0.2) is 19.0 Å². The van der Waals surface area contributed by atoms with E-state index in [0.717, 1.165) is 5.56 Å². The molecule has 0 amide bonds. The first kappa shape index (κ1) is 15.4. The molecule has 1 N–H and O–H groups in total. The highest BCUT2D eigenvalue weighted by Gasteiger charge is 2.41. The molecule has 1 rings (SSSR count). The Kier molecular flexibility index (Phi) is 4.76. The van der Waals surface area contributed by atoms with Gasteiger partial charge in [0, 0.05) is 0 Å². The summed E-state index contributed by atoms with van der Waals surface area (Å²) in [4.78, 5) is 0. The normalized spacial score (nSPS) is 17.6. The number of aliphatic hydroxyl groups is 1. The smallest absolute Gasteiger partial charge is 0.184 e. The van der Waals surface area contributed by atoms with Crippen LogP contribution >= 0.6 is 0 Å². The van der Waals surface area contributed by atoms with E-state index in [-0.39, 0.29) is 5.92 Å². The first-order valence-corrected chi connectivity index (χ1v) is 10.0. The van der Waals surface area contributed by atoms with Gasteiger partial charge in [-0.3, -0.25) is 0 Å². The molecule has 0 aromatic heterocycles. The molecule has 0 spiro atoms. The van der Waals surface area contributed by atoms with Crippen LogP contribution < -0.4 is 0 Å². The van der Waals surface area contributed by atoms with Gasteiger partial charge in [-0.15, -0.1) is 0 Å². The fraction of sp³-hybridized carbons (Fsp3) is 0.600. The van der Waals surface area contributed by atoms with Gasteiger partial charge < -0.3 is 9.53 Å². The minimum Gasteiger partial charge on any atom is -0.409 e. The first-order valence-electron chi connectivity index (χ1n) is 6.60. The summed E-state index contributed by atoms with van der Waals surface area (Å²) in [5, 5.41) is 10.7. The molecule has 18 heavy (non-hydrogen) atoms. The van der Waals surface area contributed by atoms with Gasteiger partial charge in [0.15, 0.2) is 8.32 Å². The van der Waals surface area contributed by atoms with E-state index in [4.69, 9.17) is 4.43 Å². The average molecular weight is 266 g/mol. The minimum atomic E-state index is -1.71. The molecule has 0 aliphatic rings. The van der Waals surface area contributed by atoms with Gasteiger partial charge in [0.05, 0.1) is 5.60 Å².